The van der Waals surface area contributed by atoms with Crippen LogP contribution in [0.4, 0.5) is 0 Å². The monoisotopic (exact) mass is 183 g/mol. The number of piperidine rings is 1. The highest BCUT2D eigenvalue weighted by Gasteiger charge is 2.62. The lowest BCUT2D eigenvalue weighted by Crippen LogP contribution is -2.40. The van der Waals surface area contributed by atoms with Crippen LogP contribution >= 0.6 is 0 Å². The van der Waals surface area contributed by atoms with E-state index in [-0.39, 0.29) is 5.41 Å². The third kappa shape index (κ3) is 1.35. The van der Waals surface area contributed by atoms with Gasteiger partial charge >= 0.3 is 5.97 Å². The Hall–Kier alpha value is -0.570. The van der Waals surface area contributed by atoms with E-state index in [4.69, 9.17) is 5.11 Å². The predicted octanol–water partition coefficient (Wildman–Crippen LogP) is 1.19. The first-order valence-electron chi connectivity index (χ1n) is 5.15. The maximum atomic E-state index is 11.0. The molecule has 3 heteroatoms. The minimum atomic E-state index is -0.571. The van der Waals surface area contributed by atoms with Crippen molar-refractivity contribution in [3.63, 3.8) is 0 Å². The van der Waals surface area contributed by atoms with Crippen LogP contribution < -0.4 is 0 Å². The van der Waals surface area contributed by atoms with Crippen molar-refractivity contribution in [1.29, 1.82) is 0 Å². The van der Waals surface area contributed by atoms with Crippen molar-refractivity contribution in [2.75, 3.05) is 19.6 Å². The predicted molar refractivity (Wildman–Crippen MR) is 49.5 cm³/mol. The summed E-state index contributed by atoms with van der Waals surface area (Å²) in [5.41, 5.74) is -0.340. The quantitative estimate of drug-likeness (QED) is 0.714. The number of likely N-dealkylation sites (tertiary alicyclic amines) is 1. The lowest BCUT2D eigenvalue weighted by molar-refractivity contribution is -0.145. The SMILES string of the molecule is CCCN1CCC2CC2(C(=O)O)C1. The molecular formula is C10H17NO2. The number of aliphatic carboxylic acids is 1. The average molecular weight is 183 g/mol. The van der Waals surface area contributed by atoms with Gasteiger partial charge in [0.15, 0.2) is 0 Å². The molecule has 0 amide bonds. The van der Waals surface area contributed by atoms with Gasteiger partial charge in [-0.05, 0) is 38.3 Å². The molecule has 3 nitrogen and oxygen atoms in total. The van der Waals surface area contributed by atoms with Crippen LogP contribution in [0.25, 0.3) is 0 Å². The first-order valence-corrected chi connectivity index (χ1v) is 5.15. The Kier molecular flexibility index (Phi) is 2.06. The fourth-order valence-electron chi connectivity index (χ4n) is 2.61. The molecule has 0 spiro atoms. The van der Waals surface area contributed by atoms with Crippen LogP contribution in [0, 0.1) is 11.3 Å². The summed E-state index contributed by atoms with van der Waals surface area (Å²) in [5, 5.41) is 9.10. The van der Waals surface area contributed by atoms with Crippen LogP contribution in [0.15, 0.2) is 0 Å². The minimum absolute atomic E-state index is 0.340. The molecule has 1 heterocycles. The van der Waals surface area contributed by atoms with Crippen molar-refractivity contribution >= 4 is 5.97 Å². The molecule has 0 radical (unpaired) electrons. The Bertz CT molecular complexity index is 229. The molecule has 2 rings (SSSR count). The zero-order chi connectivity index (χ0) is 9.47. The molecule has 2 fully saturated rings. The lowest BCUT2D eigenvalue weighted by Gasteiger charge is -2.30. The van der Waals surface area contributed by atoms with Crippen LogP contribution in [0.3, 0.4) is 0 Å². The van der Waals surface area contributed by atoms with Crippen molar-refractivity contribution in [2.45, 2.75) is 26.2 Å². The fraction of sp³-hybridized carbons (Fsp3) is 0.900. The second-order valence-corrected chi connectivity index (χ2v) is 4.43. The van der Waals surface area contributed by atoms with Crippen LogP contribution in [0.5, 0.6) is 0 Å². The van der Waals surface area contributed by atoms with E-state index in [0.717, 1.165) is 38.9 Å². The smallest absolute Gasteiger partial charge is 0.311 e. The molecule has 1 N–H and O–H groups in total. The second-order valence-electron chi connectivity index (χ2n) is 4.43. The van der Waals surface area contributed by atoms with Gasteiger partial charge < -0.3 is 10.0 Å². The van der Waals surface area contributed by atoms with Gasteiger partial charge in [-0.3, -0.25) is 4.79 Å². The first kappa shape index (κ1) is 9.00. The van der Waals surface area contributed by atoms with Crippen molar-refractivity contribution in [1.82, 2.24) is 4.90 Å². The topological polar surface area (TPSA) is 40.5 Å². The van der Waals surface area contributed by atoms with Gasteiger partial charge in [0.2, 0.25) is 0 Å². The molecule has 1 saturated carbocycles. The van der Waals surface area contributed by atoms with Gasteiger partial charge in [-0.1, -0.05) is 6.92 Å². The molecule has 0 aromatic heterocycles. The summed E-state index contributed by atoms with van der Waals surface area (Å²) in [4.78, 5) is 13.3. The van der Waals surface area contributed by atoms with Gasteiger partial charge in [-0.15, -0.1) is 0 Å². The maximum Gasteiger partial charge on any atom is 0.311 e. The number of carboxylic acids is 1. The maximum absolute atomic E-state index is 11.0. The van der Waals surface area contributed by atoms with Gasteiger partial charge in [-0.25, -0.2) is 0 Å². The Morgan fingerprint density at radius 2 is 2.46 bits per heavy atom. The van der Waals surface area contributed by atoms with E-state index in [0.29, 0.717) is 5.92 Å². The molecule has 2 unspecified atom stereocenters. The van der Waals surface area contributed by atoms with Gasteiger partial charge in [0.1, 0.15) is 0 Å². The number of hydrogen-bond acceptors (Lipinski definition) is 2. The highest BCUT2D eigenvalue weighted by atomic mass is 16.4. The van der Waals surface area contributed by atoms with Crippen LogP contribution in [-0.4, -0.2) is 35.6 Å². The van der Waals surface area contributed by atoms with Gasteiger partial charge in [0, 0.05) is 6.54 Å². The van der Waals surface area contributed by atoms with E-state index in [1.54, 1.807) is 0 Å². The largest absolute Gasteiger partial charge is 0.481 e. The summed E-state index contributed by atoms with van der Waals surface area (Å²) in [6.45, 7) is 5.10. The summed E-state index contributed by atoms with van der Waals surface area (Å²) >= 11 is 0. The zero-order valence-electron chi connectivity index (χ0n) is 8.12. The fourth-order valence-corrected chi connectivity index (χ4v) is 2.61. The molecular weight excluding hydrogens is 166 g/mol. The standard InChI is InChI=1S/C10H17NO2/c1-2-4-11-5-3-8-6-10(8,7-11)9(12)13/h8H,2-7H2,1H3,(H,12,13). The zero-order valence-corrected chi connectivity index (χ0v) is 8.12. The van der Waals surface area contributed by atoms with Gasteiger partial charge in [0.05, 0.1) is 5.41 Å². The number of carbonyl (C=O) groups is 1. The van der Waals surface area contributed by atoms with Crippen LogP contribution in [-0.2, 0) is 4.79 Å². The molecule has 2 atom stereocenters. The molecule has 74 valence electrons. The highest BCUT2D eigenvalue weighted by Crippen LogP contribution is 2.57. The number of nitrogens with zero attached hydrogens (tertiary/aromatic N) is 1. The third-order valence-electron chi connectivity index (χ3n) is 3.50. The molecule has 13 heavy (non-hydrogen) atoms. The Labute approximate surface area is 78.7 Å². The highest BCUT2D eigenvalue weighted by molar-refractivity contribution is 5.79. The molecule has 0 aromatic rings. The summed E-state index contributed by atoms with van der Waals surface area (Å²) < 4.78 is 0. The third-order valence-corrected chi connectivity index (χ3v) is 3.50. The van der Waals surface area contributed by atoms with Crippen molar-refractivity contribution < 1.29 is 9.90 Å². The number of fused-ring (bicyclic) bond motifs is 1. The Balaban J connectivity index is 1.98. The Morgan fingerprint density at radius 3 is 3.08 bits per heavy atom. The molecule has 1 aliphatic carbocycles. The molecule has 1 saturated heterocycles. The molecule has 0 aromatic carbocycles. The summed E-state index contributed by atoms with van der Waals surface area (Å²) in [6.07, 6.45) is 3.13. The minimum Gasteiger partial charge on any atom is -0.481 e. The van der Waals surface area contributed by atoms with E-state index in [1.807, 2.05) is 0 Å². The molecule has 1 aliphatic heterocycles. The second kappa shape index (κ2) is 2.98. The molecule has 0 bridgehead atoms. The van der Waals surface area contributed by atoms with E-state index < -0.39 is 5.97 Å². The van der Waals surface area contributed by atoms with Gasteiger partial charge in [-0.2, -0.15) is 0 Å². The van der Waals surface area contributed by atoms with Gasteiger partial charge in [0.25, 0.3) is 0 Å². The summed E-state index contributed by atoms with van der Waals surface area (Å²) in [6, 6.07) is 0. The number of carboxylic acid groups (broad SMARTS) is 1. The van der Waals surface area contributed by atoms with Crippen molar-refractivity contribution in [3.8, 4) is 0 Å². The van der Waals surface area contributed by atoms with Crippen LogP contribution in [0.2, 0.25) is 0 Å². The van der Waals surface area contributed by atoms with Crippen molar-refractivity contribution in [2.24, 2.45) is 11.3 Å². The first-order chi connectivity index (χ1) is 6.19. The van der Waals surface area contributed by atoms with Crippen molar-refractivity contribution in [3.05, 3.63) is 0 Å². The molecule has 2 aliphatic rings. The van der Waals surface area contributed by atoms with E-state index in [2.05, 4.69) is 11.8 Å². The van der Waals surface area contributed by atoms with E-state index in [9.17, 15) is 4.79 Å². The lowest BCUT2D eigenvalue weighted by atomic mass is 9.97. The number of hydrogen-bond donors (Lipinski definition) is 1. The normalized spacial score (nSPS) is 38.4. The Morgan fingerprint density at radius 1 is 1.69 bits per heavy atom. The van der Waals surface area contributed by atoms with E-state index >= 15 is 0 Å². The number of rotatable bonds is 3. The average Bonchev–Trinajstić information content (AvgIpc) is 2.79. The summed E-state index contributed by atoms with van der Waals surface area (Å²) in [7, 11) is 0. The van der Waals surface area contributed by atoms with Crippen LogP contribution in [0.1, 0.15) is 26.2 Å². The van der Waals surface area contributed by atoms with E-state index in [1.165, 1.54) is 0 Å². The summed E-state index contributed by atoms with van der Waals surface area (Å²) in [5.74, 6) is -0.0867.